The standard InChI is InChI=1S/C23H29N3O2/c1-13(2)26-22(27)19-7-5-4-6-18(19)20(24-26)23(28)25(3)21-16-9-14-8-15(11-16)12-17(21)10-14/h4-7,13-17,21H,8-12H2,1-3H3. The van der Waals surface area contributed by atoms with E-state index in [4.69, 9.17) is 0 Å². The molecule has 0 N–H and O–H groups in total. The van der Waals surface area contributed by atoms with Gasteiger partial charge in [0.2, 0.25) is 0 Å². The lowest BCUT2D eigenvalue weighted by molar-refractivity contribution is -0.0492. The minimum absolute atomic E-state index is 0.0388. The van der Waals surface area contributed by atoms with Crippen LogP contribution >= 0.6 is 0 Å². The molecule has 1 heterocycles. The molecule has 4 aliphatic carbocycles. The van der Waals surface area contributed by atoms with E-state index in [2.05, 4.69) is 5.10 Å². The largest absolute Gasteiger partial charge is 0.337 e. The molecule has 1 aromatic heterocycles. The predicted molar refractivity (Wildman–Crippen MR) is 109 cm³/mol. The number of rotatable bonds is 3. The van der Waals surface area contributed by atoms with Crippen LogP contribution in [0.1, 0.15) is 62.5 Å². The van der Waals surface area contributed by atoms with Crippen LogP contribution in [0.25, 0.3) is 10.8 Å². The summed E-state index contributed by atoms with van der Waals surface area (Å²) >= 11 is 0. The Morgan fingerprint density at radius 1 is 1.04 bits per heavy atom. The van der Waals surface area contributed by atoms with Crippen molar-refractivity contribution in [3.8, 4) is 0 Å². The summed E-state index contributed by atoms with van der Waals surface area (Å²) in [6.45, 7) is 3.86. The van der Waals surface area contributed by atoms with Crippen molar-refractivity contribution >= 4 is 16.7 Å². The third-order valence-electron chi connectivity index (χ3n) is 7.46. The lowest BCUT2D eigenvalue weighted by atomic mass is 9.54. The molecule has 1 aromatic carbocycles. The van der Waals surface area contributed by atoms with Gasteiger partial charge in [0.25, 0.3) is 11.5 Å². The molecular formula is C23H29N3O2. The molecule has 148 valence electrons. The fourth-order valence-electron chi connectivity index (χ4n) is 6.55. The van der Waals surface area contributed by atoms with Crippen LogP contribution in [-0.2, 0) is 0 Å². The van der Waals surface area contributed by atoms with E-state index >= 15 is 0 Å². The summed E-state index contributed by atoms with van der Waals surface area (Å²) in [6.07, 6.45) is 6.50. The molecular weight excluding hydrogens is 350 g/mol. The fourth-order valence-corrected chi connectivity index (χ4v) is 6.55. The Balaban J connectivity index is 1.56. The average molecular weight is 380 g/mol. The first kappa shape index (κ1) is 17.9. The Hall–Kier alpha value is -2.17. The second-order valence-corrected chi connectivity index (χ2v) is 9.58. The van der Waals surface area contributed by atoms with Gasteiger partial charge in [0.05, 0.1) is 11.4 Å². The van der Waals surface area contributed by atoms with E-state index in [1.54, 1.807) is 6.07 Å². The van der Waals surface area contributed by atoms with Crippen molar-refractivity contribution in [3.05, 3.63) is 40.3 Å². The summed E-state index contributed by atoms with van der Waals surface area (Å²) in [7, 11) is 1.95. The highest BCUT2D eigenvalue weighted by molar-refractivity contribution is 6.04. The minimum Gasteiger partial charge on any atom is -0.337 e. The van der Waals surface area contributed by atoms with Crippen LogP contribution in [0.15, 0.2) is 29.1 Å². The number of fused-ring (bicyclic) bond motifs is 1. The molecule has 4 fully saturated rings. The van der Waals surface area contributed by atoms with Crippen molar-refractivity contribution < 1.29 is 4.79 Å². The molecule has 4 bridgehead atoms. The summed E-state index contributed by atoms with van der Waals surface area (Å²) in [5.41, 5.74) is 0.291. The Bertz CT molecular complexity index is 965. The van der Waals surface area contributed by atoms with Gasteiger partial charge >= 0.3 is 0 Å². The Labute approximate surface area is 165 Å². The molecule has 5 heteroatoms. The highest BCUT2D eigenvalue weighted by atomic mass is 16.2. The van der Waals surface area contributed by atoms with Gasteiger partial charge in [0.1, 0.15) is 0 Å². The molecule has 0 radical (unpaired) electrons. The topological polar surface area (TPSA) is 55.2 Å². The van der Waals surface area contributed by atoms with Crippen LogP contribution in [0.3, 0.4) is 0 Å². The van der Waals surface area contributed by atoms with Crippen molar-refractivity contribution in [3.63, 3.8) is 0 Å². The summed E-state index contributed by atoms with van der Waals surface area (Å²) in [6, 6.07) is 7.62. The second-order valence-electron chi connectivity index (χ2n) is 9.58. The lowest BCUT2D eigenvalue weighted by Crippen LogP contribution is -2.56. The van der Waals surface area contributed by atoms with Gasteiger partial charge in [-0.05, 0) is 75.7 Å². The number of amides is 1. The maximum atomic E-state index is 13.6. The summed E-state index contributed by atoms with van der Waals surface area (Å²) in [5.74, 6) is 2.98. The molecule has 0 unspecified atom stereocenters. The number of aromatic nitrogens is 2. The van der Waals surface area contributed by atoms with Crippen molar-refractivity contribution in [2.45, 2.75) is 58.0 Å². The van der Waals surface area contributed by atoms with E-state index in [-0.39, 0.29) is 17.5 Å². The van der Waals surface area contributed by atoms with E-state index in [0.717, 1.165) is 11.8 Å². The van der Waals surface area contributed by atoms with Gasteiger partial charge in [-0.2, -0.15) is 5.10 Å². The maximum absolute atomic E-state index is 13.6. The van der Waals surface area contributed by atoms with Crippen LogP contribution in [0, 0.1) is 23.7 Å². The molecule has 6 rings (SSSR count). The Kier molecular flexibility index (Phi) is 4.11. The molecule has 0 saturated heterocycles. The number of hydrogen-bond acceptors (Lipinski definition) is 3. The number of carbonyl (C=O) groups excluding carboxylic acids is 1. The van der Waals surface area contributed by atoms with Crippen LogP contribution < -0.4 is 5.56 Å². The highest BCUT2D eigenvalue weighted by Gasteiger charge is 2.50. The zero-order chi connectivity index (χ0) is 19.6. The lowest BCUT2D eigenvalue weighted by Gasteiger charge is -2.56. The highest BCUT2D eigenvalue weighted by Crippen LogP contribution is 2.55. The molecule has 4 saturated carbocycles. The molecule has 5 nitrogen and oxygen atoms in total. The predicted octanol–water partition coefficient (Wildman–Crippen LogP) is 3.87. The monoisotopic (exact) mass is 379 g/mol. The van der Waals surface area contributed by atoms with Gasteiger partial charge in [-0.3, -0.25) is 9.59 Å². The van der Waals surface area contributed by atoms with E-state index in [1.807, 2.05) is 44.0 Å². The molecule has 28 heavy (non-hydrogen) atoms. The Morgan fingerprint density at radius 3 is 2.18 bits per heavy atom. The van der Waals surface area contributed by atoms with Crippen molar-refractivity contribution in [1.82, 2.24) is 14.7 Å². The quantitative estimate of drug-likeness (QED) is 0.813. The number of hydrogen-bond donors (Lipinski definition) is 0. The van der Waals surface area contributed by atoms with Gasteiger partial charge in [-0.1, -0.05) is 18.2 Å². The summed E-state index contributed by atoms with van der Waals surface area (Å²) in [4.78, 5) is 28.4. The van der Waals surface area contributed by atoms with E-state index in [0.29, 0.717) is 34.3 Å². The second kappa shape index (κ2) is 6.43. The molecule has 0 aliphatic heterocycles. The smallest absolute Gasteiger partial charge is 0.274 e. The third kappa shape index (κ3) is 2.62. The van der Waals surface area contributed by atoms with Crippen LogP contribution in [0.4, 0.5) is 0 Å². The first-order valence-corrected chi connectivity index (χ1v) is 10.7. The average Bonchev–Trinajstić information content (AvgIpc) is 2.66. The van der Waals surface area contributed by atoms with E-state index < -0.39 is 0 Å². The summed E-state index contributed by atoms with van der Waals surface area (Å²) in [5, 5.41) is 5.79. The number of carbonyl (C=O) groups is 1. The number of benzene rings is 1. The molecule has 1 amide bonds. The summed E-state index contributed by atoms with van der Waals surface area (Å²) < 4.78 is 1.46. The van der Waals surface area contributed by atoms with Crippen molar-refractivity contribution in [1.29, 1.82) is 0 Å². The van der Waals surface area contributed by atoms with Gasteiger partial charge in [0, 0.05) is 18.5 Å². The van der Waals surface area contributed by atoms with E-state index in [9.17, 15) is 9.59 Å². The van der Waals surface area contributed by atoms with Gasteiger partial charge in [-0.25, -0.2) is 4.68 Å². The minimum atomic E-state index is -0.126. The van der Waals surface area contributed by atoms with Crippen LogP contribution in [-0.4, -0.2) is 33.7 Å². The van der Waals surface area contributed by atoms with Gasteiger partial charge in [-0.15, -0.1) is 0 Å². The molecule has 4 aliphatic rings. The van der Waals surface area contributed by atoms with Crippen LogP contribution in [0.2, 0.25) is 0 Å². The van der Waals surface area contributed by atoms with E-state index in [1.165, 1.54) is 36.8 Å². The number of nitrogens with zero attached hydrogens (tertiary/aromatic N) is 3. The fraction of sp³-hybridized carbons (Fsp3) is 0.609. The van der Waals surface area contributed by atoms with Crippen LogP contribution in [0.5, 0.6) is 0 Å². The Morgan fingerprint density at radius 2 is 1.61 bits per heavy atom. The maximum Gasteiger partial charge on any atom is 0.274 e. The third-order valence-corrected chi connectivity index (χ3v) is 7.46. The zero-order valence-corrected chi connectivity index (χ0v) is 17.0. The van der Waals surface area contributed by atoms with Gasteiger partial charge in [0.15, 0.2) is 5.69 Å². The zero-order valence-electron chi connectivity index (χ0n) is 17.0. The first-order valence-electron chi connectivity index (χ1n) is 10.7. The normalized spacial score (nSPS) is 30.9. The van der Waals surface area contributed by atoms with Gasteiger partial charge < -0.3 is 4.90 Å². The molecule has 2 aromatic rings. The SMILES string of the molecule is CC(C)n1nc(C(=O)N(C)C2C3CC4CC(C3)CC2C4)c2ccccc2c1=O. The van der Waals surface area contributed by atoms with Crippen molar-refractivity contribution in [2.24, 2.45) is 23.7 Å². The first-order chi connectivity index (χ1) is 13.4. The molecule has 0 spiro atoms. The van der Waals surface area contributed by atoms with Crippen molar-refractivity contribution in [2.75, 3.05) is 7.05 Å². The molecule has 0 atom stereocenters.